The molecule has 0 amide bonds. The summed E-state index contributed by atoms with van der Waals surface area (Å²) in [6, 6.07) is 15.1. The first-order chi connectivity index (χ1) is 11.2. The first-order valence-corrected chi connectivity index (χ1v) is 7.49. The van der Waals surface area contributed by atoms with E-state index in [0.29, 0.717) is 5.56 Å². The third-order valence-electron chi connectivity index (χ3n) is 4.04. The number of benzene rings is 2. The van der Waals surface area contributed by atoms with Gasteiger partial charge in [-0.25, -0.2) is 9.37 Å². The van der Waals surface area contributed by atoms with Gasteiger partial charge < -0.3 is 4.57 Å². The minimum Gasteiger partial charge on any atom is -0.326 e. The highest BCUT2D eigenvalue weighted by molar-refractivity contribution is 5.99. The second kappa shape index (κ2) is 6.57. The maximum Gasteiger partial charge on any atom is 0.186 e. The van der Waals surface area contributed by atoms with Crippen molar-refractivity contribution in [2.45, 2.75) is 18.9 Å². The standard InChI is InChI=1S/C19H17FN2O/c1-14(15-7-9-17(20)10-8-15)18(22-12-11-21-13-22)19(23)16-5-3-2-4-6-16/h2-14,18H,1H3. The zero-order valence-corrected chi connectivity index (χ0v) is 12.8. The number of carbonyl (C=O) groups is 1. The van der Waals surface area contributed by atoms with Crippen LogP contribution in [0.1, 0.15) is 34.8 Å². The maximum atomic E-state index is 13.2. The lowest BCUT2D eigenvalue weighted by molar-refractivity contribution is 0.0910. The molecule has 2 unspecified atom stereocenters. The quantitative estimate of drug-likeness (QED) is 0.660. The van der Waals surface area contributed by atoms with Crippen LogP contribution in [-0.4, -0.2) is 15.3 Å². The second-order valence-corrected chi connectivity index (χ2v) is 5.53. The molecule has 1 aromatic heterocycles. The van der Waals surface area contributed by atoms with E-state index in [0.717, 1.165) is 5.56 Å². The monoisotopic (exact) mass is 308 g/mol. The molecule has 0 aliphatic rings. The fourth-order valence-corrected chi connectivity index (χ4v) is 2.78. The Balaban J connectivity index is 1.99. The van der Waals surface area contributed by atoms with Crippen LogP contribution in [0.5, 0.6) is 0 Å². The maximum absolute atomic E-state index is 13.2. The molecule has 3 nitrogen and oxygen atoms in total. The summed E-state index contributed by atoms with van der Waals surface area (Å²) in [5.74, 6) is -0.382. The van der Waals surface area contributed by atoms with Crippen LogP contribution in [0.3, 0.4) is 0 Å². The second-order valence-electron chi connectivity index (χ2n) is 5.53. The number of aromatic nitrogens is 2. The molecule has 0 aliphatic heterocycles. The van der Waals surface area contributed by atoms with Crippen molar-refractivity contribution in [2.75, 3.05) is 0 Å². The van der Waals surface area contributed by atoms with Gasteiger partial charge in [-0.3, -0.25) is 4.79 Å². The Kier molecular flexibility index (Phi) is 4.33. The smallest absolute Gasteiger partial charge is 0.186 e. The van der Waals surface area contributed by atoms with Gasteiger partial charge in [0.2, 0.25) is 0 Å². The molecule has 3 aromatic rings. The van der Waals surface area contributed by atoms with Gasteiger partial charge in [-0.05, 0) is 17.7 Å². The number of Topliss-reactive ketones (excluding diaryl/α,β-unsaturated/α-hetero) is 1. The largest absolute Gasteiger partial charge is 0.326 e. The van der Waals surface area contributed by atoms with Gasteiger partial charge in [0.25, 0.3) is 0 Å². The zero-order chi connectivity index (χ0) is 16.2. The van der Waals surface area contributed by atoms with Gasteiger partial charge in [-0.15, -0.1) is 0 Å². The molecule has 116 valence electrons. The van der Waals surface area contributed by atoms with Crippen molar-refractivity contribution in [1.29, 1.82) is 0 Å². The van der Waals surface area contributed by atoms with Crippen LogP contribution in [0.4, 0.5) is 4.39 Å². The first kappa shape index (κ1) is 15.2. The van der Waals surface area contributed by atoms with Crippen LogP contribution in [-0.2, 0) is 0 Å². The Labute approximate surface area is 134 Å². The number of imidazole rings is 1. The lowest BCUT2D eigenvalue weighted by Gasteiger charge is -2.24. The van der Waals surface area contributed by atoms with E-state index >= 15 is 0 Å². The topological polar surface area (TPSA) is 34.9 Å². The lowest BCUT2D eigenvalue weighted by atomic mass is 9.88. The summed E-state index contributed by atoms with van der Waals surface area (Å²) >= 11 is 0. The predicted octanol–water partition coefficient (Wildman–Crippen LogP) is 4.25. The molecule has 0 radical (unpaired) electrons. The van der Waals surface area contributed by atoms with Gasteiger partial charge in [0.15, 0.2) is 5.78 Å². The summed E-state index contributed by atoms with van der Waals surface area (Å²) in [5, 5.41) is 0. The molecule has 0 N–H and O–H groups in total. The van der Waals surface area contributed by atoms with Crippen molar-refractivity contribution in [2.24, 2.45) is 0 Å². The van der Waals surface area contributed by atoms with Crippen LogP contribution in [0.25, 0.3) is 0 Å². The number of rotatable bonds is 5. The van der Waals surface area contributed by atoms with Crippen molar-refractivity contribution in [1.82, 2.24) is 9.55 Å². The van der Waals surface area contributed by atoms with Crippen LogP contribution < -0.4 is 0 Å². The highest BCUT2D eigenvalue weighted by Gasteiger charge is 2.28. The van der Waals surface area contributed by atoms with E-state index in [1.807, 2.05) is 41.8 Å². The molecule has 4 heteroatoms. The van der Waals surface area contributed by atoms with Crippen molar-refractivity contribution in [3.63, 3.8) is 0 Å². The van der Waals surface area contributed by atoms with Crippen LogP contribution >= 0.6 is 0 Å². The van der Waals surface area contributed by atoms with Gasteiger partial charge in [-0.1, -0.05) is 49.4 Å². The first-order valence-electron chi connectivity index (χ1n) is 7.49. The van der Waals surface area contributed by atoms with Gasteiger partial charge >= 0.3 is 0 Å². The average Bonchev–Trinajstić information content (AvgIpc) is 3.10. The summed E-state index contributed by atoms with van der Waals surface area (Å²) in [4.78, 5) is 17.1. The molecule has 1 heterocycles. The Bertz CT molecular complexity index is 767. The lowest BCUT2D eigenvalue weighted by Crippen LogP contribution is -2.24. The van der Waals surface area contributed by atoms with Crippen LogP contribution in [0, 0.1) is 5.82 Å². The van der Waals surface area contributed by atoms with Crippen molar-refractivity contribution in [3.8, 4) is 0 Å². The summed E-state index contributed by atoms with van der Waals surface area (Å²) in [6.07, 6.45) is 5.08. The Morgan fingerprint density at radius 2 is 1.78 bits per heavy atom. The molecule has 0 aliphatic carbocycles. The van der Waals surface area contributed by atoms with Gasteiger partial charge in [0.05, 0.1) is 6.33 Å². The Morgan fingerprint density at radius 1 is 1.09 bits per heavy atom. The van der Waals surface area contributed by atoms with E-state index in [4.69, 9.17) is 0 Å². The summed E-state index contributed by atoms with van der Waals surface area (Å²) in [5.41, 5.74) is 1.56. The molecule has 3 rings (SSSR count). The molecule has 2 aromatic carbocycles. The summed E-state index contributed by atoms with van der Waals surface area (Å²) in [6.45, 7) is 1.97. The summed E-state index contributed by atoms with van der Waals surface area (Å²) in [7, 11) is 0. The van der Waals surface area contributed by atoms with Crippen molar-refractivity contribution < 1.29 is 9.18 Å². The van der Waals surface area contributed by atoms with E-state index in [9.17, 15) is 9.18 Å². The zero-order valence-electron chi connectivity index (χ0n) is 12.8. The van der Waals surface area contributed by atoms with E-state index in [2.05, 4.69) is 4.98 Å². The van der Waals surface area contributed by atoms with Crippen LogP contribution in [0.2, 0.25) is 0 Å². The van der Waals surface area contributed by atoms with Crippen LogP contribution in [0.15, 0.2) is 73.3 Å². The SMILES string of the molecule is CC(c1ccc(F)cc1)C(C(=O)c1ccccc1)n1ccnc1. The molecule has 0 saturated heterocycles. The van der Waals surface area contributed by atoms with Crippen molar-refractivity contribution in [3.05, 3.63) is 90.3 Å². The number of hydrogen-bond donors (Lipinski definition) is 0. The fraction of sp³-hybridized carbons (Fsp3) is 0.158. The number of halogens is 1. The highest BCUT2D eigenvalue weighted by Crippen LogP contribution is 2.31. The summed E-state index contributed by atoms with van der Waals surface area (Å²) < 4.78 is 15.0. The van der Waals surface area contributed by atoms with Crippen molar-refractivity contribution >= 4 is 5.78 Å². The van der Waals surface area contributed by atoms with Gasteiger partial charge in [0.1, 0.15) is 11.9 Å². The number of ketones is 1. The van der Waals surface area contributed by atoms with E-state index in [1.165, 1.54) is 12.1 Å². The highest BCUT2D eigenvalue weighted by atomic mass is 19.1. The number of carbonyl (C=O) groups excluding carboxylic acids is 1. The average molecular weight is 308 g/mol. The van der Waals surface area contributed by atoms with E-state index in [-0.39, 0.29) is 17.5 Å². The predicted molar refractivity (Wildman–Crippen MR) is 86.9 cm³/mol. The molecule has 0 saturated carbocycles. The third kappa shape index (κ3) is 3.21. The minimum absolute atomic E-state index is 0.0143. The van der Waals surface area contributed by atoms with Gasteiger partial charge in [-0.2, -0.15) is 0 Å². The molecule has 0 fully saturated rings. The Hall–Kier alpha value is -2.75. The third-order valence-corrected chi connectivity index (χ3v) is 4.04. The normalized spacial score (nSPS) is 13.5. The number of hydrogen-bond acceptors (Lipinski definition) is 2. The number of nitrogens with zero attached hydrogens (tertiary/aromatic N) is 2. The van der Waals surface area contributed by atoms with Gasteiger partial charge in [0, 0.05) is 23.9 Å². The fourth-order valence-electron chi connectivity index (χ4n) is 2.78. The molecule has 0 bridgehead atoms. The van der Waals surface area contributed by atoms with E-state index < -0.39 is 6.04 Å². The molecule has 0 spiro atoms. The molecule has 2 atom stereocenters. The minimum atomic E-state index is -0.426. The molecule has 23 heavy (non-hydrogen) atoms. The molecular formula is C19H17FN2O. The Morgan fingerprint density at radius 3 is 2.39 bits per heavy atom. The molecular weight excluding hydrogens is 291 g/mol. The van der Waals surface area contributed by atoms with E-state index in [1.54, 1.807) is 30.9 Å².